The molecule has 0 aliphatic heterocycles. The Morgan fingerprint density at radius 1 is 1.24 bits per heavy atom. The predicted molar refractivity (Wildman–Crippen MR) is 93.6 cm³/mol. The van der Waals surface area contributed by atoms with Crippen molar-refractivity contribution >= 4 is 23.1 Å². The van der Waals surface area contributed by atoms with Gasteiger partial charge in [-0.2, -0.15) is 13.2 Å². The molecule has 0 aliphatic rings. The lowest BCUT2D eigenvalue weighted by Crippen LogP contribution is -2.16. The van der Waals surface area contributed by atoms with Crippen molar-refractivity contribution in [3.05, 3.63) is 51.8 Å². The van der Waals surface area contributed by atoms with Gasteiger partial charge >= 0.3 is 6.18 Å². The maximum Gasteiger partial charge on any atom is 0.417 e. The Balaban J connectivity index is 2.17. The van der Waals surface area contributed by atoms with E-state index in [1.165, 1.54) is 12.1 Å². The van der Waals surface area contributed by atoms with Crippen molar-refractivity contribution < 1.29 is 18.0 Å². The summed E-state index contributed by atoms with van der Waals surface area (Å²) in [5.74, 6) is -0.177. The second kappa shape index (κ2) is 7.12. The van der Waals surface area contributed by atoms with E-state index in [2.05, 4.69) is 9.88 Å². The van der Waals surface area contributed by atoms with Gasteiger partial charge < -0.3 is 9.88 Å². The Kier molecular flexibility index (Phi) is 5.52. The van der Waals surface area contributed by atoms with Gasteiger partial charge in [0.2, 0.25) is 0 Å². The fourth-order valence-corrected chi connectivity index (χ4v) is 3.21. The SMILES string of the molecule is Cc1cc(C(=O)CNc2ccc(Cl)c(C(F)(F)F)c2)c(C)n1C(C)C. The second-order valence-corrected chi connectivity index (χ2v) is 6.62. The van der Waals surface area contributed by atoms with Crippen LogP contribution in [0, 0.1) is 13.8 Å². The second-order valence-electron chi connectivity index (χ2n) is 6.22. The monoisotopic (exact) mass is 372 g/mol. The van der Waals surface area contributed by atoms with E-state index >= 15 is 0 Å². The lowest BCUT2D eigenvalue weighted by Gasteiger charge is -2.14. The molecule has 0 saturated carbocycles. The minimum atomic E-state index is -4.54. The van der Waals surface area contributed by atoms with Gasteiger partial charge in [-0.15, -0.1) is 0 Å². The first-order valence-corrected chi connectivity index (χ1v) is 8.22. The minimum Gasteiger partial charge on any atom is -0.378 e. The number of nitrogens with one attached hydrogen (secondary N) is 1. The van der Waals surface area contributed by atoms with Crippen molar-refractivity contribution in [3.63, 3.8) is 0 Å². The zero-order valence-corrected chi connectivity index (χ0v) is 15.2. The van der Waals surface area contributed by atoms with Gasteiger partial charge in [0.1, 0.15) is 0 Å². The van der Waals surface area contributed by atoms with Gasteiger partial charge in [0.05, 0.1) is 17.1 Å². The molecule has 3 nitrogen and oxygen atoms in total. The van der Waals surface area contributed by atoms with E-state index in [0.29, 0.717) is 5.56 Å². The Hall–Kier alpha value is -1.95. The number of carbonyl (C=O) groups excluding carboxylic acids is 1. The fourth-order valence-electron chi connectivity index (χ4n) is 2.98. The molecule has 1 heterocycles. The van der Waals surface area contributed by atoms with Crippen LogP contribution in [0.4, 0.5) is 18.9 Å². The summed E-state index contributed by atoms with van der Waals surface area (Å²) >= 11 is 5.59. The highest BCUT2D eigenvalue weighted by molar-refractivity contribution is 6.31. The average molecular weight is 373 g/mol. The van der Waals surface area contributed by atoms with Crippen LogP contribution in [0.25, 0.3) is 0 Å². The maximum absolute atomic E-state index is 12.9. The quantitative estimate of drug-likeness (QED) is 0.688. The molecule has 0 bridgehead atoms. The van der Waals surface area contributed by atoms with E-state index in [9.17, 15) is 18.0 Å². The number of aryl methyl sites for hydroxylation is 1. The molecule has 136 valence electrons. The van der Waals surface area contributed by atoms with Gasteiger partial charge in [-0.25, -0.2) is 0 Å². The predicted octanol–water partition coefficient (Wildman–Crippen LogP) is 5.65. The molecule has 1 aromatic heterocycles. The number of benzene rings is 1. The van der Waals surface area contributed by atoms with Crippen molar-refractivity contribution in [2.45, 2.75) is 39.9 Å². The van der Waals surface area contributed by atoms with Crippen molar-refractivity contribution in [2.75, 3.05) is 11.9 Å². The number of anilines is 1. The van der Waals surface area contributed by atoms with Crippen LogP contribution in [0.3, 0.4) is 0 Å². The minimum absolute atomic E-state index is 0.0959. The molecule has 7 heteroatoms. The van der Waals surface area contributed by atoms with E-state index in [1.807, 2.05) is 33.8 Å². The molecule has 1 N–H and O–H groups in total. The Labute approximate surface area is 149 Å². The van der Waals surface area contributed by atoms with Crippen molar-refractivity contribution in [1.82, 2.24) is 4.57 Å². The number of rotatable bonds is 5. The van der Waals surface area contributed by atoms with Crippen LogP contribution in [0.5, 0.6) is 0 Å². The number of hydrogen-bond acceptors (Lipinski definition) is 2. The zero-order chi connectivity index (χ0) is 18.9. The summed E-state index contributed by atoms with van der Waals surface area (Å²) in [7, 11) is 0. The number of hydrogen-bond donors (Lipinski definition) is 1. The number of alkyl halides is 3. The summed E-state index contributed by atoms with van der Waals surface area (Å²) in [4.78, 5) is 12.5. The number of halogens is 4. The third-order valence-electron chi connectivity index (χ3n) is 4.03. The van der Waals surface area contributed by atoms with Crippen LogP contribution in [-0.4, -0.2) is 16.9 Å². The summed E-state index contributed by atoms with van der Waals surface area (Å²) in [6.45, 7) is 7.75. The molecule has 1 aromatic carbocycles. The average Bonchev–Trinajstić information content (AvgIpc) is 2.79. The molecule has 0 aliphatic carbocycles. The molecule has 25 heavy (non-hydrogen) atoms. The van der Waals surface area contributed by atoms with E-state index in [4.69, 9.17) is 11.6 Å². The Bertz CT molecular complexity index is 794. The first-order valence-electron chi connectivity index (χ1n) is 7.84. The van der Waals surface area contributed by atoms with E-state index < -0.39 is 11.7 Å². The van der Waals surface area contributed by atoms with Crippen LogP contribution in [0.15, 0.2) is 24.3 Å². The van der Waals surface area contributed by atoms with E-state index in [1.54, 1.807) is 0 Å². The van der Waals surface area contributed by atoms with Gasteiger partial charge in [0.25, 0.3) is 0 Å². The number of carbonyl (C=O) groups is 1. The zero-order valence-electron chi connectivity index (χ0n) is 14.5. The highest BCUT2D eigenvalue weighted by Crippen LogP contribution is 2.36. The molecule has 2 aromatic rings. The highest BCUT2D eigenvalue weighted by atomic mass is 35.5. The lowest BCUT2D eigenvalue weighted by molar-refractivity contribution is -0.137. The topological polar surface area (TPSA) is 34.0 Å². The smallest absolute Gasteiger partial charge is 0.378 e. The molecular weight excluding hydrogens is 353 g/mol. The van der Waals surface area contributed by atoms with Gasteiger partial charge in [-0.3, -0.25) is 4.79 Å². The first kappa shape index (κ1) is 19.4. The normalized spacial score (nSPS) is 11.9. The van der Waals surface area contributed by atoms with Crippen molar-refractivity contribution in [3.8, 4) is 0 Å². The number of nitrogens with zero attached hydrogens (tertiary/aromatic N) is 1. The number of aromatic nitrogens is 1. The van der Waals surface area contributed by atoms with Gasteiger partial charge in [-0.1, -0.05) is 11.6 Å². The van der Waals surface area contributed by atoms with Crippen LogP contribution in [0.1, 0.15) is 47.2 Å². The van der Waals surface area contributed by atoms with Crippen LogP contribution >= 0.6 is 11.6 Å². The summed E-state index contributed by atoms with van der Waals surface area (Å²) < 4.78 is 40.7. The summed E-state index contributed by atoms with van der Waals surface area (Å²) in [6, 6.07) is 5.53. The molecule has 0 fully saturated rings. The lowest BCUT2D eigenvalue weighted by atomic mass is 10.1. The molecule has 0 unspecified atom stereocenters. The number of Topliss-reactive ketones (excluding diaryl/α,β-unsaturated/α-hetero) is 1. The van der Waals surface area contributed by atoms with E-state index in [0.717, 1.165) is 17.5 Å². The highest BCUT2D eigenvalue weighted by Gasteiger charge is 2.33. The molecule has 0 radical (unpaired) electrons. The molecule has 0 spiro atoms. The summed E-state index contributed by atoms with van der Waals surface area (Å²) in [6.07, 6.45) is -4.54. The standard InChI is InChI=1S/C18H20ClF3N2O/c1-10(2)24-11(3)7-14(12(24)4)17(25)9-23-13-5-6-16(19)15(8-13)18(20,21)22/h5-8,10,23H,9H2,1-4H3. The molecule has 0 saturated heterocycles. The van der Waals surface area contributed by atoms with Crippen molar-refractivity contribution in [2.24, 2.45) is 0 Å². The number of ketones is 1. The summed E-state index contributed by atoms with van der Waals surface area (Å²) in [5, 5.41) is 2.38. The Morgan fingerprint density at radius 3 is 2.40 bits per heavy atom. The molecule has 0 amide bonds. The van der Waals surface area contributed by atoms with Crippen molar-refractivity contribution in [1.29, 1.82) is 0 Å². The summed E-state index contributed by atoms with van der Waals surface area (Å²) in [5.41, 5.74) is 1.67. The maximum atomic E-state index is 12.9. The van der Waals surface area contributed by atoms with Gasteiger partial charge in [0, 0.05) is 28.7 Å². The van der Waals surface area contributed by atoms with Gasteiger partial charge in [0.15, 0.2) is 5.78 Å². The van der Waals surface area contributed by atoms with Gasteiger partial charge in [-0.05, 0) is 52.0 Å². The third-order valence-corrected chi connectivity index (χ3v) is 4.36. The van der Waals surface area contributed by atoms with E-state index in [-0.39, 0.29) is 29.1 Å². The van der Waals surface area contributed by atoms with Crippen LogP contribution in [0.2, 0.25) is 5.02 Å². The van der Waals surface area contributed by atoms with Crippen LogP contribution < -0.4 is 5.32 Å². The fraction of sp³-hybridized carbons (Fsp3) is 0.389. The van der Waals surface area contributed by atoms with Crippen LogP contribution in [-0.2, 0) is 6.18 Å². The first-order chi connectivity index (χ1) is 11.5. The molecule has 0 atom stereocenters. The molecule has 2 rings (SSSR count). The molecular formula is C18H20ClF3N2O. The third kappa shape index (κ3) is 4.18. The largest absolute Gasteiger partial charge is 0.417 e. The Morgan fingerprint density at radius 2 is 1.88 bits per heavy atom.